The molecule has 1 aliphatic carbocycles. The summed E-state index contributed by atoms with van der Waals surface area (Å²) in [6.45, 7) is 1.02. The normalized spacial score (nSPS) is 15.3. The predicted octanol–water partition coefficient (Wildman–Crippen LogP) is 10.6. The van der Waals surface area contributed by atoms with E-state index in [1.54, 1.807) is 0 Å². The number of nitrogens with zero attached hydrogens (tertiary/aromatic N) is 4. The van der Waals surface area contributed by atoms with Gasteiger partial charge in [-0.25, -0.2) is 15.0 Å². The van der Waals surface area contributed by atoms with Crippen LogP contribution in [0.2, 0.25) is 0 Å². The number of hydrogen-bond donors (Lipinski definition) is 1. The largest absolute Gasteiger partial charge is 0.384 e. The fraction of sp³-hybridized carbons (Fsp3) is 0.111. The number of fused-ring (bicyclic) bond motifs is 2. The number of rotatable bonds is 6. The smallest absolute Gasteiger partial charge is 0.163 e. The van der Waals surface area contributed by atoms with Crippen molar-refractivity contribution in [2.45, 2.75) is 25.2 Å². The lowest BCUT2D eigenvalue weighted by atomic mass is 9.89. The highest BCUT2D eigenvalue weighted by molar-refractivity contribution is 5.93. The molecule has 0 saturated heterocycles. The SMILES string of the molecule is C1=CC(c2nc(-c3ccc(-c4ccccc4)cc3)nc(-c3ccc(-c4cccc5cccnc45)cc3)n2)CC=C1c1cccc2c1NCCC2. The number of allylic oxidation sites excluding steroid dienone is 4. The van der Waals surface area contributed by atoms with Gasteiger partial charge in [0.25, 0.3) is 0 Å². The molecule has 0 radical (unpaired) electrons. The zero-order chi connectivity index (χ0) is 33.3. The second kappa shape index (κ2) is 13.0. The first-order chi connectivity index (χ1) is 24.8. The quantitative estimate of drug-likeness (QED) is 0.195. The molecule has 1 atom stereocenters. The summed E-state index contributed by atoms with van der Waals surface area (Å²) in [6, 6.07) is 44.5. The van der Waals surface area contributed by atoms with E-state index in [9.17, 15) is 0 Å². The Bertz CT molecular complexity index is 2390. The third-order valence-electron chi connectivity index (χ3n) is 9.81. The molecule has 0 fully saturated rings. The molecule has 0 saturated carbocycles. The molecule has 5 heteroatoms. The topological polar surface area (TPSA) is 63.6 Å². The van der Waals surface area contributed by atoms with Crippen molar-refractivity contribution in [3.8, 4) is 45.0 Å². The van der Waals surface area contributed by atoms with Crippen LogP contribution in [0.25, 0.3) is 61.5 Å². The van der Waals surface area contributed by atoms with Crippen LogP contribution < -0.4 is 5.32 Å². The van der Waals surface area contributed by atoms with Crippen LogP contribution in [0, 0.1) is 0 Å². The summed E-state index contributed by atoms with van der Waals surface area (Å²) < 4.78 is 0. The summed E-state index contributed by atoms with van der Waals surface area (Å²) in [5, 5.41) is 4.77. The molecule has 5 nitrogen and oxygen atoms in total. The van der Waals surface area contributed by atoms with Gasteiger partial charge in [0.1, 0.15) is 5.82 Å². The summed E-state index contributed by atoms with van der Waals surface area (Å²) >= 11 is 0. The van der Waals surface area contributed by atoms with Crippen molar-refractivity contribution in [2.75, 3.05) is 11.9 Å². The molecule has 5 aromatic carbocycles. The number of hydrogen-bond acceptors (Lipinski definition) is 5. The van der Waals surface area contributed by atoms with Gasteiger partial charge in [0.2, 0.25) is 0 Å². The maximum atomic E-state index is 5.11. The third-order valence-corrected chi connectivity index (χ3v) is 9.81. The Morgan fingerprint density at radius 1 is 0.580 bits per heavy atom. The molecule has 2 aliphatic rings. The van der Waals surface area contributed by atoms with E-state index in [1.165, 1.54) is 34.4 Å². The molecular formula is C45H35N5. The van der Waals surface area contributed by atoms with Gasteiger partial charge in [0.05, 0.1) is 5.52 Å². The van der Waals surface area contributed by atoms with Gasteiger partial charge in [0, 0.05) is 52.0 Å². The van der Waals surface area contributed by atoms with E-state index in [0.717, 1.165) is 63.9 Å². The molecule has 9 rings (SSSR count). The predicted molar refractivity (Wildman–Crippen MR) is 205 cm³/mol. The molecule has 1 unspecified atom stereocenters. The molecule has 3 heterocycles. The minimum Gasteiger partial charge on any atom is -0.384 e. The minimum atomic E-state index is 0.0383. The first-order valence-corrected chi connectivity index (χ1v) is 17.4. The van der Waals surface area contributed by atoms with Crippen LogP contribution in [0.15, 0.2) is 152 Å². The van der Waals surface area contributed by atoms with E-state index in [1.807, 2.05) is 18.3 Å². The van der Waals surface area contributed by atoms with Crippen LogP contribution in [0.1, 0.15) is 35.7 Å². The van der Waals surface area contributed by atoms with Crippen molar-refractivity contribution in [3.63, 3.8) is 0 Å². The third kappa shape index (κ3) is 5.77. The molecule has 7 aromatic rings. The number of anilines is 1. The van der Waals surface area contributed by atoms with E-state index in [0.29, 0.717) is 11.6 Å². The average molecular weight is 646 g/mol. The lowest BCUT2D eigenvalue weighted by Gasteiger charge is -2.23. The van der Waals surface area contributed by atoms with Gasteiger partial charge >= 0.3 is 0 Å². The Morgan fingerprint density at radius 2 is 1.26 bits per heavy atom. The molecule has 50 heavy (non-hydrogen) atoms. The van der Waals surface area contributed by atoms with Crippen LogP contribution in [0.4, 0.5) is 5.69 Å². The zero-order valence-electron chi connectivity index (χ0n) is 27.6. The van der Waals surface area contributed by atoms with Crippen LogP contribution in [0.5, 0.6) is 0 Å². The van der Waals surface area contributed by atoms with Crippen LogP contribution in [0.3, 0.4) is 0 Å². The number of pyridine rings is 1. The summed E-state index contributed by atoms with van der Waals surface area (Å²) in [6.07, 6.45) is 11.8. The Balaban J connectivity index is 1.07. The Labute approximate surface area is 292 Å². The molecule has 1 aliphatic heterocycles. The monoisotopic (exact) mass is 645 g/mol. The first-order valence-electron chi connectivity index (χ1n) is 17.4. The highest BCUT2D eigenvalue weighted by atomic mass is 15.0. The maximum absolute atomic E-state index is 5.11. The molecule has 0 amide bonds. The zero-order valence-corrected chi connectivity index (χ0v) is 27.6. The van der Waals surface area contributed by atoms with Crippen molar-refractivity contribution in [1.29, 1.82) is 0 Å². The van der Waals surface area contributed by atoms with E-state index in [4.69, 9.17) is 15.0 Å². The number of aromatic nitrogens is 4. The summed E-state index contributed by atoms with van der Waals surface area (Å²) in [7, 11) is 0. The first kappa shape index (κ1) is 29.9. The maximum Gasteiger partial charge on any atom is 0.163 e. The molecule has 1 N–H and O–H groups in total. The van der Waals surface area contributed by atoms with Gasteiger partial charge in [-0.15, -0.1) is 0 Å². The standard InChI is InChI=1S/C45H35N5/c1-2-8-30(9-3-1)31-16-22-36(23-17-31)43-48-44(37-24-18-32(19-25-37)39-14-4-10-34-12-6-28-46-41(34)39)50-45(49-43)38-26-20-33(21-27-38)40-15-5-11-35-13-7-29-47-42(35)40/h1-6,8-12,14-26,28,38,47H,7,13,27,29H2. The fourth-order valence-electron chi connectivity index (χ4n) is 7.16. The highest BCUT2D eigenvalue weighted by Crippen LogP contribution is 2.37. The molecular weight excluding hydrogens is 611 g/mol. The summed E-state index contributed by atoms with van der Waals surface area (Å²) in [5.41, 5.74) is 12.7. The van der Waals surface area contributed by atoms with Gasteiger partial charge in [0.15, 0.2) is 11.6 Å². The van der Waals surface area contributed by atoms with Crippen molar-refractivity contribution < 1.29 is 0 Å². The van der Waals surface area contributed by atoms with E-state index in [-0.39, 0.29) is 5.92 Å². The lowest BCUT2D eigenvalue weighted by molar-refractivity contribution is 0.766. The van der Waals surface area contributed by atoms with Crippen molar-refractivity contribution in [3.05, 3.63) is 169 Å². The second-order valence-corrected chi connectivity index (χ2v) is 13.0. The average Bonchev–Trinajstić information content (AvgIpc) is 3.21. The minimum absolute atomic E-state index is 0.0383. The van der Waals surface area contributed by atoms with Crippen LogP contribution in [-0.2, 0) is 6.42 Å². The summed E-state index contributed by atoms with van der Waals surface area (Å²) in [5.74, 6) is 2.16. The molecule has 0 bridgehead atoms. The lowest BCUT2D eigenvalue weighted by Crippen LogP contribution is -2.14. The van der Waals surface area contributed by atoms with Crippen LogP contribution in [-0.4, -0.2) is 26.5 Å². The number of nitrogens with one attached hydrogen (secondary N) is 1. The van der Waals surface area contributed by atoms with Gasteiger partial charge in [-0.1, -0.05) is 140 Å². The van der Waals surface area contributed by atoms with Gasteiger partial charge < -0.3 is 5.32 Å². The Morgan fingerprint density at radius 3 is 2.02 bits per heavy atom. The van der Waals surface area contributed by atoms with Crippen molar-refractivity contribution >= 4 is 22.2 Å². The molecule has 2 aromatic heterocycles. The van der Waals surface area contributed by atoms with Crippen molar-refractivity contribution in [1.82, 2.24) is 19.9 Å². The van der Waals surface area contributed by atoms with Gasteiger partial charge in [-0.2, -0.15) is 0 Å². The van der Waals surface area contributed by atoms with E-state index >= 15 is 0 Å². The number of benzene rings is 5. The fourth-order valence-corrected chi connectivity index (χ4v) is 7.16. The van der Waals surface area contributed by atoms with Crippen molar-refractivity contribution in [2.24, 2.45) is 0 Å². The van der Waals surface area contributed by atoms with E-state index < -0.39 is 0 Å². The van der Waals surface area contributed by atoms with Gasteiger partial charge in [-0.05, 0) is 53.2 Å². The molecule has 0 spiro atoms. The second-order valence-electron chi connectivity index (χ2n) is 13.0. The van der Waals surface area contributed by atoms with Crippen LogP contribution >= 0.6 is 0 Å². The van der Waals surface area contributed by atoms with Gasteiger partial charge in [-0.3, -0.25) is 4.98 Å². The molecule has 240 valence electrons. The van der Waals surface area contributed by atoms with E-state index in [2.05, 4.69) is 144 Å². The Hall–Kier alpha value is -6.20. The highest BCUT2D eigenvalue weighted by Gasteiger charge is 2.21. The summed E-state index contributed by atoms with van der Waals surface area (Å²) in [4.78, 5) is 19.9. The Kier molecular flexibility index (Phi) is 7.78. The number of aryl methyl sites for hydroxylation is 1. The number of para-hydroxylation sites is 2.